The molecule has 1 unspecified atom stereocenters. The van der Waals surface area contributed by atoms with Crippen molar-refractivity contribution in [3.63, 3.8) is 0 Å². The van der Waals surface area contributed by atoms with E-state index in [0.717, 1.165) is 37.0 Å². The van der Waals surface area contributed by atoms with Crippen LogP contribution in [0.5, 0.6) is 0 Å². The molecule has 120 valence electrons. The van der Waals surface area contributed by atoms with Crippen molar-refractivity contribution in [3.8, 4) is 0 Å². The van der Waals surface area contributed by atoms with Crippen LogP contribution < -0.4 is 5.73 Å². The predicted molar refractivity (Wildman–Crippen MR) is 91.9 cm³/mol. The summed E-state index contributed by atoms with van der Waals surface area (Å²) in [4.78, 5) is 17.8. The second-order valence-corrected chi connectivity index (χ2v) is 5.81. The summed E-state index contributed by atoms with van der Waals surface area (Å²) in [7, 11) is 0. The van der Waals surface area contributed by atoms with Crippen molar-refractivity contribution in [1.29, 1.82) is 0 Å². The first-order chi connectivity index (χ1) is 10.7. The first-order valence-corrected chi connectivity index (χ1v) is 8.25. The third kappa shape index (κ3) is 3.69. The van der Waals surface area contributed by atoms with E-state index in [4.69, 9.17) is 5.73 Å². The first-order valence-electron chi connectivity index (χ1n) is 8.25. The van der Waals surface area contributed by atoms with Crippen molar-refractivity contribution >= 4 is 16.8 Å². The van der Waals surface area contributed by atoms with Crippen LogP contribution in [0, 0.1) is 0 Å². The van der Waals surface area contributed by atoms with Gasteiger partial charge >= 0.3 is 0 Å². The fourth-order valence-electron chi connectivity index (χ4n) is 2.99. The molecule has 1 aromatic heterocycles. The van der Waals surface area contributed by atoms with Gasteiger partial charge in [-0.05, 0) is 31.0 Å². The minimum Gasteiger partial charge on any atom is -0.361 e. The Labute approximate surface area is 132 Å². The van der Waals surface area contributed by atoms with Gasteiger partial charge in [-0.15, -0.1) is 0 Å². The molecule has 0 aliphatic carbocycles. The topological polar surface area (TPSA) is 62.1 Å². The number of rotatable bonds is 8. The quantitative estimate of drug-likeness (QED) is 0.786. The Morgan fingerprint density at radius 2 is 1.91 bits per heavy atom. The van der Waals surface area contributed by atoms with Gasteiger partial charge in [-0.25, -0.2) is 0 Å². The predicted octanol–water partition coefficient (Wildman–Crippen LogP) is 3.25. The van der Waals surface area contributed by atoms with Gasteiger partial charge in [0.25, 0.3) is 0 Å². The second kappa shape index (κ2) is 7.99. The minimum absolute atomic E-state index is 0.0693. The lowest BCUT2D eigenvalue weighted by Gasteiger charge is -2.24. The SMILES string of the molecule is CCCN(CCC)C(=O)CC(CN)c1c[nH]c2ccccc12. The Morgan fingerprint density at radius 3 is 2.55 bits per heavy atom. The summed E-state index contributed by atoms with van der Waals surface area (Å²) in [6, 6.07) is 8.17. The lowest BCUT2D eigenvalue weighted by molar-refractivity contribution is -0.131. The van der Waals surface area contributed by atoms with Crippen molar-refractivity contribution in [2.24, 2.45) is 5.73 Å². The summed E-state index contributed by atoms with van der Waals surface area (Å²) in [6.07, 6.45) is 4.47. The summed E-state index contributed by atoms with van der Waals surface area (Å²) in [6.45, 7) is 6.36. The Kier molecular flexibility index (Phi) is 6.01. The van der Waals surface area contributed by atoms with Crippen LogP contribution in [0.15, 0.2) is 30.5 Å². The van der Waals surface area contributed by atoms with E-state index in [-0.39, 0.29) is 11.8 Å². The number of hydrogen-bond acceptors (Lipinski definition) is 2. The maximum atomic E-state index is 12.6. The largest absolute Gasteiger partial charge is 0.361 e. The van der Waals surface area contributed by atoms with Crippen molar-refractivity contribution in [2.45, 2.75) is 39.0 Å². The number of benzene rings is 1. The molecular formula is C18H27N3O. The molecule has 1 amide bonds. The van der Waals surface area contributed by atoms with Crippen molar-refractivity contribution in [3.05, 3.63) is 36.0 Å². The fourth-order valence-corrected chi connectivity index (χ4v) is 2.99. The van der Waals surface area contributed by atoms with E-state index in [9.17, 15) is 4.79 Å². The van der Waals surface area contributed by atoms with E-state index < -0.39 is 0 Å². The smallest absolute Gasteiger partial charge is 0.223 e. The number of nitrogens with one attached hydrogen (secondary N) is 1. The molecule has 1 heterocycles. The lowest BCUT2D eigenvalue weighted by atomic mass is 9.94. The number of H-pyrrole nitrogens is 1. The Bertz CT molecular complexity index is 599. The van der Waals surface area contributed by atoms with Crippen molar-refractivity contribution in [2.75, 3.05) is 19.6 Å². The Hall–Kier alpha value is -1.81. The molecule has 0 saturated heterocycles. The maximum Gasteiger partial charge on any atom is 0.223 e. The number of nitrogens with zero attached hydrogens (tertiary/aromatic N) is 1. The Balaban J connectivity index is 2.16. The molecule has 0 spiro atoms. The number of fused-ring (bicyclic) bond motifs is 1. The van der Waals surface area contributed by atoms with Crippen LogP contribution in [-0.4, -0.2) is 35.4 Å². The van der Waals surface area contributed by atoms with E-state index in [0.29, 0.717) is 13.0 Å². The zero-order valence-electron chi connectivity index (χ0n) is 13.6. The van der Waals surface area contributed by atoms with Crippen LogP contribution in [0.25, 0.3) is 10.9 Å². The monoisotopic (exact) mass is 301 g/mol. The molecule has 4 nitrogen and oxygen atoms in total. The van der Waals surface area contributed by atoms with E-state index in [1.165, 1.54) is 5.39 Å². The van der Waals surface area contributed by atoms with Crippen LogP contribution in [0.1, 0.15) is 44.6 Å². The number of carbonyl (C=O) groups is 1. The molecule has 0 aliphatic heterocycles. The number of carbonyl (C=O) groups excluding carboxylic acids is 1. The highest BCUT2D eigenvalue weighted by atomic mass is 16.2. The Morgan fingerprint density at radius 1 is 1.23 bits per heavy atom. The average molecular weight is 301 g/mol. The lowest BCUT2D eigenvalue weighted by Crippen LogP contribution is -2.34. The second-order valence-electron chi connectivity index (χ2n) is 5.81. The molecule has 2 rings (SSSR count). The number of nitrogens with two attached hydrogens (primary N) is 1. The van der Waals surface area contributed by atoms with Crippen LogP contribution >= 0.6 is 0 Å². The highest BCUT2D eigenvalue weighted by Crippen LogP contribution is 2.27. The van der Waals surface area contributed by atoms with Gasteiger partial charge in [0.05, 0.1) is 0 Å². The summed E-state index contributed by atoms with van der Waals surface area (Å²) in [5.74, 6) is 0.282. The molecule has 3 N–H and O–H groups in total. The molecule has 0 bridgehead atoms. The summed E-state index contributed by atoms with van der Waals surface area (Å²) >= 11 is 0. The average Bonchev–Trinajstić information content (AvgIpc) is 2.96. The molecule has 0 radical (unpaired) electrons. The van der Waals surface area contributed by atoms with Gasteiger partial charge in [-0.2, -0.15) is 0 Å². The zero-order valence-corrected chi connectivity index (χ0v) is 13.6. The van der Waals surface area contributed by atoms with Gasteiger partial charge in [-0.1, -0.05) is 32.0 Å². The molecule has 4 heteroatoms. The fraction of sp³-hybridized carbons (Fsp3) is 0.500. The minimum atomic E-state index is 0.0693. The standard InChI is InChI=1S/C18H27N3O/c1-3-9-21(10-4-2)18(22)11-14(12-19)16-13-20-17-8-6-5-7-15(16)17/h5-8,13-14,20H,3-4,9-12,19H2,1-2H3. The highest BCUT2D eigenvalue weighted by molar-refractivity contribution is 5.85. The summed E-state index contributed by atoms with van der Waals surface area (Å²) in [5, 5.41) is 1.17. The van der Waals surface area contributed by atoms with Gasteiger partial charge < -0.3 is 15.6 Å². The van der Waals surface area contributed by atoms with Crippen LogP contribution in [0.3, 0.4) is 0 Å². The van der Waals surface area contributed by atoms with E-state index >= 15 is 0 Å². The van der Waals surface area contributed by atoms with Crippen LogP contribution in [0.4, 0.5) is 0 Å². The molecule has 0 aliphatic rings. The molecule has 2 aromatic rings. The van der Waals surface area contributed by atoms with Gasteiger partial charge in [0.2, 0.25) is 5.91 Å². The number of amides is 1. The molecular weight excluding hydrogens is 274 g/mol. The van der Waals surface area contributed by atoms with Gasteiger partial charge in [0.1, 0.15) is 0 Å². The molecule has 22 heavy (non-hydrogen) atoms. The molecule has 0 saturated carbocycles. The molecule has 1 aromatic carbocycles. The highest BCUT2D eigenvalue weighted by Gasteiger charge is 2.21. The number of aromatic amines is 1. The summed E-state index contributed by atoms with van der Waals surface area (Å²) in [5.41, 5.74) is 8.22. The number of hydrogen-bond donors (Lipinski definition) is 2. The van der Waals surface area contributed by atoms with Crippen LogP contribution in [0.2, 0.25) is 0 Å². The first kappa shape index (κ1) is 16.6. The maximum absolute atomic E-state index is 12.6. The van der Waals surface area contributed by atoms with E-state index in [1.54, 1.807) is 0 Å². The van der Waals surface area contributed by atoms with Crippen molar-refractivity contribution in [1.82, 2.24) is 9.88 Å². The number of aromatic nitrogens is 1. The molecule has 0 fully saturated rings. The third-order valence-electron chi connectivity index (χ3n) is 4.11. The number of para-hydroxylation sites is 1. The zero-order chi connectivity index (χ0) is 15.9. The van der Waals surface area contributed by atoms with E-state index in [1.807, 2.05) is 23.2 Å². The molecule has 1 atom stereocenters. The van der Waals surface area contributed by atoms with Gasteiger partial charge in [-0.3, -0.25) is 4.79 Å². The third-order valence-corrected chi connectivity index (χ3v) is 4.11. The van der Waals surface area contributed by atoms with Crippen molar-refractivity contribution < 1.29 is 4.79 Å². The normalized spacial score (nSPS) is 12.5. The van der Waals surface area contributed by atoms with Gasteiger partial charge in [0.15, 0.2) is 0 Å². The van der Waals surface area contributed by atoms with Crippen LogP contribution in [-0.2, 0) is 4.79 Å². The summed E-state index contributed by atoms with van der Waals surface area (Å²) < 4.78 is 0. The van der Waals surface area contributed by atoms with E-state index in [2.05, 4.69) is 31.0 Å². The van der Waals surface area contributed by atoms with Gasteiger partial charge in [0, 0.05) is 42.5 Å².